The van der Waals surface area contributed by atoms with Crippen molar-refractivity contribution in [2.24, 2.45) is 41.2 Å². The highest BCUT2D eigenvalue weighted by atomic mass is 16.7. The molecule has 644 valence electrons. The maximum atomic E-state index is 13.7. The van der Waals surface area contributed by atoms with Gasteiger partial charge >= 0.3 is 11.9 Å². The molecule has 0 aromatic rings. The van der Waals surface area contributed by atoms with Gasteiger partial charge in [-0.05, 0) is 219 Å². The normalized spacial score (nSPS) is 39.2. The minimum Gasteiger partial charge on any atom is -0.459 e. The molecule has 4 aliphatic heterocycles. The van der Waals surface area contributed by atoms with Crippen molar-refractivity contribution in [2.45, 2.75) is 353 Å². The lowest BCUT2D eigenvalue weighted by molar-refractivity contribution is -0.299. The van der Waals surface area contributed by atoms with Gasteiger partial charge < -0.3 is 100 Å². The third-order valence-electron chi connectivity index (χ3n) is 23.3. The molecule has 4 fully saturated rings. The molecule has 28 atom stereocenters. The van der Waals surface area contributed by atoms with Crippen LogP contribution in [0.1, 0.15) is 220 Å². The van der Waals surface area contributed by atoms with Gasteiger partial charge in [-0.2, -0.15) is 0 Å². The van der Waals surface area contributed by atoms with Crippen LogP contribution in [0.4, 0.5) is 0 Å². The Hall–Kier alpha value is -3.91. The zero-order valence-corrected chi connectivity index (χ0v) is 71.9. The number of cyclic esters (lactones) is 2. The van der Waals surface area contributed by atoms with Crippen LogP contribution in [-0.4, -0.2) is 288 Å². The first kappa shape index (κ1) is 101. The fourth-order valence-corrected chi connectivity index (χ4v) is 16.5. The van der Waals surface area contributed by atoms with E-state index >= 15 is 0 Å². The molecule has 25 heteroatoms. The van der Waals surface area contributed by atoms with Gasteiger partial charge in [0.05, 0.1) is 59.7 Å². The Morgan fingerprint density at radius 3 is 1.21 bits per heavy atom. The van der Waals surface area contributed by atoms with Crippen LogP contribution in [0.5, 0.6) is 0 Å². The van der Waals surface area contributed by atoms with E-state index in [0.717, 1.165) is 38.5 Å². The first-order chi connectivity index (χ1) is 52.0. The number of nitrogens with one attached hydrogen (secondary N) is 1. The molecule has 4 saturated heterocycles. The second-order valence-electron chi connectivity index (χ2n) is 34.1. The molecule has 0 aliphatic carbocycles. The number of allylic oxidation sites excluding steroid dienone is 12. The van der Waals surface area contributed by atoms with Gasteiger partial charge in [0.2, 0.25) is 5.91 Å². The Morgan fingerprint density at radius 1 is 0.532 bits per heavy atom. The number of nitrogens with two attached hydrogens (primary N) is 1. The number of nitrogens with zero attached hydrogens (tertiary/aromatic N) is 4. The summed E-state index contributed by atoms with van der Waals surface area (Å²) in [4.78, 5) is 47.8. The van der Waals surface area contributed by atoms with E-state index < -0.39 is 144 Å². The number of hydrogen-bond donors (Lipinski definition) is 12. The van der Waals surface area contributed by atoms with Crippen molar-refractivity contribution in [1.82, 2.24) is 24.9 Å². The number of esters is 2. The number of hydrogen-bond acceptors (Lipinski definition) is 24. The maximum absolute atomic E-state index is 13.7. The van der Waals surface area contributed by atoms with Gasteiger partial charge in [-0.25, -0.2) is 0 Å². The van der Waals surface area contributed by atoms with Crippen LogP contribution in [-0.2, 0) is 42.8 Å². The van der Waals surface area contributed by atoms with Gasteiger partial charge in [-0.15, -0.1) is 0 Å². The van der Waals surface area contributed by atoms with Crippen LogP contribution in [0.15, 0.2) is 72.9 Å². The lowest BCUT2D eigenvalue weighted by atomic mass is 9.78. The first-order valence-electron chi connectivity index (χ1n) is 41.7. The monoisotopic (exact) mass is 1580 g/mol. The van der Waals surface area contributed by atoms with Crippen molar-refractivity contribution in [2.75, 3.05) is 67.5 Å². The molecule has 0 unspecified atom stereocenters. The average molecular weight is 1580 g/mol. The Morgan fingerprint density at radius 2 is 0.874 bits per heavy atom. The summed E-state index contributed by atoms with van der Waals surface area (Å²) < 4.78 is 36.8. The van der Waals surface area contributed by atoms with Crippen molar-refractivity contribution < 1.29 is 93.9 Å². The van der Waals surface area contributed by atoms with E-state index in [-0.39, 0.29) is 67.7 Å². The lowest BCUT2D eigenvalue weighted by Gasteiger charge is -2.46. The van der Waals surface area contributed by atoms with Crippen LogP contribution >= 0.6 is 0 Å². The molecule has 13 N–H and O–H groups in total. The number of likely N-dealkylation sites (N-methyl/N-ethyl adjacent to an activating group) is 2. The summed E-state index contributed by atoms with van der Waals surface area (Å²) in [5, 5.41) is 120. The molecule has 0 radical (unpaired) electrons. The van der Waals surface area contributed by atoms with Gasteiger partial charge in [0.1, 0.15) is 47.8 Å². The SMILES string of the molecule is CC/C=C\C/C=C\C/C=C\C/C=C\C/C=C\C/C=C\CCC(=O)NCCCN1C[C@H](C)C[C@@](C)(O)[C@H](O[C@@H]2O[C@H](C)C[C@H](N(C)C)[C@H]2O)[C@@H](C)[C@H](O)[C@@H](C)C(=O)O[C@H](CC)[C@@](C)(O)[C@H](O)[C@H]1C.CC[C@H]1OC(=O)[C@H](C)[C@@H](O)[C@H](C)[C@@H](O[C@@H]2O[C@H](C)C[C@H](N(C)C)[C@H]2O)[C@](C)(O)C[C@@H](C)CN(CCCN)[C@H](C)[C@@H](O)[C@]1(C)O. The molecule has 1 amide bonds. The Labute approximate surface area is 668 Å². The number of carbonyl (C=O) groups excluding carboxylic acids is 3. The average Bonchev–Trinajstić information content (AvgIpc) is 1.52. The third kappa shape index (κ3) is 31.8. The number of ether oxygens (including phenoxy) is 6. The van der Waals surface area contributed by atoms with Crippen molar-refractivity contribution in [3.8, 4) is 0 Å². The number of aliphatic hydroxyl groups is 10. The molecule has 4 aliphatic rings. The Balaban J connectivity index is 0.000000626. The summed E-state index contributed by atoms with van der Waals surface area (Å²) >= 11 is 0. The van der Waals surface area contributed by atoms with E-state index in [1.165, 1.54) is 27.7 Å². The molecule has 0 aromatic heterocycles. The van der Waals surface area contributed by atoms with Gasteiger partial charge in [-0.3, -0.25) is 24.2 Å². The molecular formula is C86H156N6O19. The molecule has 0 aromatic carbocycles. The predicted molar refractivity (Wildman–Crippen MR) is 437 cm³/mol. The van der Waals surface area contributed by atoms with Crippen LogP contribution in [0.3, 0.4) is 0 Å². The summed E-state index contributed by atoms with van der Waals surface area (Å²) in [6.07, 6.45) is 21.4. The highest BCUT2D eigenvalue weighted by Gasteiger charge is 2.53. The third-order valence-corrected chi connectivity index (χ3v) is 23.3. The number of amides is 1. The van der Waals surface area contributed by atoms with Crippen molar-refractivity contribution >= 4 is 17.8 Å². The summed E-state index contributed by atoms with van der Waals surface area (Å²) in [5.41, 5.74) is -0.934. The van der Waals surface area contributed by atoms with E-state index in [0.29, 0.717) is 77.8 Å². The van der Waals surface area contributed by atoms with Crippen LogP contribution in [0.25, 0.3) is 0 Å². The molecule has 111 heavy (non-hydrogen) atoms. The zero-order valence-electron chi connectivity index (χ0n) is 71.9. The maximum Gasteiger partial charge on any atom is 0.311 e. The van der Waals surface area contributed by atoms with Gasteiger partial charge in [0, 0.05) is 68.6 Å². The van der Waals surface area contributed by atoms with E-state index in [2.05, 4.69) is 79.1 Å². The summed E-state index contributed by atoms with van der Waals surface area (Å²) in [6.45, 7) is 32.4. The molecule has 0 spiro atoms. The first-order valence-corrected chi connectivity index (χ1v) is 41.7. The Bertz CT molecular complexity index is 2840. The summed E-state index contributed by atoms with van der Waals surface area (Å²) in [7, 11) is 7.50. The van der Waals surface area contributed by atoms with Gasteiger partial charge in [-0.1, -0.05) is 121 Å². The standard InChI is InChI=1S/C54H93N3O10.C32H63N3O9/c1-12-14-15-16-17-18-19-20-21-22-23-24-25-26-27-28-29-30-31-33-46(58)55-34-32-35-57-38-39(3)37-53(8,63)50(67-52-48(60)44(56(10)11)36-40(4)65-52)41(5)47(59)42(6)51(62)66-45(13-2)54(9,64)49(61)43(57)7;1-11-24-32(8,41)27(38)22(6)35(14-12-13-33)17-18(2)16-31(7,40)28(20(4)25(36)21(5)29(39)43-24)44-30-26(37)23(34(9)10)15-19(3)42-30/h14-15,17-18,20-21,23-24,26-27,29-30,39-45,47-50,52,59-61,63-64H,12-13,16,19,22,25,28,31-38H2,1-11H3,(H,55,58);18-28,30,36-38,40-41H,11-17,33H2,1-10H3/b15-14-,18-17-,21-20-,24-23-,27-26-,30-29-;/t39-,40-,41+,42-,43-,44+,45-,47+,48-,49-,50-,52+,53-,54-;18-,19-,20+,21-,22-,23+,24-,25+,26-,27-,28-,30+,31-,32-/m11/s1. The molecule has 4 rings (SSSR count). The summed E-state index contributed by atoms with van der Waals surface area (Å²) in [5.74, 6) is -5.70. The highest BCUT2D eigenvalue weighted by Crippen LogP contribution is 2.40. The number of rotatable bonds is 29. The Kier molecular flexibility index (Phi) is 45.0. The van der Waals surface area contributed by atoms with Gasteiger partial charge in [0.25, 0.3) is 0 Å². The minimum absolute atomic E-state index is 0.0560. The summed E-state index contributed by atoms with van der Waals surface area (Å²) in [6, 6.07) is -1.69. The fraction of sp³-hybridized carbons (Fsp3) is 0.826. The second kappa shape index (κ2) is 49.3. The molecular weight excluding hydrogens is 1420 g/mol. The molecule has 4 heterocycles. The quantitative estimate of drug-likeness (QED) is 0.0191. The smallest absolute Gasteiger partial charge is 0.311 e. The molecule has 0 saturated carbocycles. The lowest BCUT2D eigenvalue weighted by Crippen LogP contribution is -2.59. The van der Waals surface area contributed by atoms with E-state index in [1.807, 2.05) is 95.4 Å². The predicted octanol–water partition coefficient (Wildman–Crippen LogP) is 8.02. The van der Waals surface area contributed by atoms with E-state index in [1.54, 1.807) is 41.5 Å². The zero-order chi connectivity index (χ0) is 83.9. The van der Waals surface area contributed by atoms with E-state index in [9.17, 15) is 65.4 Å². The van der Waals surface area contributed by atoms with Gasteiger partial charge in [0.15, 0.2) is 12.6 Å². The highest BCUT2D eigenvalue weighted by molar-refractivity contribution is 5.76. The topological polar surface area (TPSA) is 360 Å². The molecule has 0 bridgehead atoms. The van der Waals surface area contributed by atoms with Crippen LogP contribution in [0.2, 0.25) is 0 Å². The molecule has 25 nitrogen and oxygen atoms in total. The van der Waals surface area contributed by atoms with Crippen molar-refractivity contribution in [1.29, 1.82) is 0 Å². The largest absolute Gasteiger partial charge is 0.459 e. The number of carbonyl (C=O) groups is 3. The number of aliphatic hydroxyl groups excluding tert-OH is 6. The fourth-order valence-electron chi connectivity index (χ4n) is 16.5. The second-order valence-corrected chi connectivity index (χ2v) is 34.1. The van der Waals surface area contributed by atoms with E-state index in [4.69, 9.17) is 34.2 Å². The van der Waals surface area contributed by atoms with Crippen LogP contribution in [0, 0.1) is 35.5 Å². The van der Waals surface area contributed by atoms with Crippen molar-refractivity contribution in [3.63, 3.8) is 0 Å². The van der Waals surface area contributed by atoms with Crippen molar-refractivity contribution in [3.05, 3.63) is 72.9 Å². The minimum atomic E-state index is -1.86. The van der Waals surface area contributed by atoms with Crippen LogP contribution < -0.4 is 11.1 Å².